The van der Waals surface area contributed by atoms with Gasteiger partial charge in [-0.05, 0) is 52.6 Å². The molecule has 0 aliphatic carbocycles. The standard InChI is InChI=1S/C34H32F3N3O6S/c1-40(2)33(43)28-19-22(20-31(41)46-21-30(39-47(3,44)45)24-9-5-4-6-10-24)13-18-29(28)38-32(42)27-12-8-7-11-26(27)23-14-16-25(17-15-23)34(35,36)37/h4-19,30,39H,20-21H2,1-3H3,(H,38,42)/t30-/m1/s1. The van der Waals surface area contributed by atoms with Crippen LogP contribution in [-0.2, 0) is 32.2 Å². The van der Waals surface area contributed by atoms with E-state index < -0.39 is 45.6 Å². The number of rotatable bonds is 11. The molecule has 13 heteroatoms. The average molecular weight is 668 g/mol. The molecule has 0 spiro atoms. The molecule has 47 heavy (non-hydrogen) atoms. The van der Waals surface area contributed by atoms with Gasteiger partial charge >= 0.3 is 12.1 Å². The van der Waals surface area contributed by atoms with Gasteiger partial charge in [-0.15, -0.1) is 0 Å². The number of sulfonamides is 1. The molecule has 2 N–H and O–H groups in total. The third-order valence-corrected chi connectivity index (χ3v) is 7.69. The molecule has 0 heterocycles. The number of ether oxygens (including phenoxy) is 1. The lowest BCUT2D eigenvalue weighted by Crippen LogP contribution is -2.31. The number of anilines is 1. The predicted octanol–water partition coefficient (Wildman–Crippen LogP) is 5.70. The van der Waals surface area contributed by atoms with Crippen LogP contribution in [0, 0.1) is 0 Å². The highest BCUT2D eigenvalue weighted by molar-refractivity contribution is 7.88. The van der Waals surface area contributed by atoms with Crippen molar-refractivity contribution in [3.05, 3.63) is 125 Å². The number of nitrogens with one attached hydrogen (secondary N) is 2. The van der Waals surface area contributed by atoms with Crippen LogP contribution in [0.1, 0.15) is 43.4 Å². The Balaban J connectivity index is 1.54. The van der Waals surface area contributed by atoms with E-state index in [1.165, 1.54) is 55.4 Å². The highest BCUT2D eigenvalue weighted by Gasteiger charge is 2.30. The molecule has 0 unspecified atom stereocenters. The molecule has 0 saturated carbocycles. The van der Waals surface area contributed by atoms with Crippen molar-refractivity contribution in [3.63, 3.8) is 0 Å². The van der Waals surface area contributed by atoms with Crippen molar-refractivity contribution >= 4 is 33.5 Å². The van der Waals surface area contributed by atoms with E-state index in [1.54, 1.807) is 48.5 Å². The molecule has 246 valence electrons. The second kappa shape index (κ2) is 14.6. The van der Waals surface area contributed by atoms with Crippen molar-refractivity contribution in [2.75, 3.05) is 32.3 Å². The van der Waals surface area contributed by atoms with Crippen LogP contribution < -0.4 is 10.0 Å². The Morgan fingerprint density at radius 3 is 2.11 bits per heavy atom. The Hall–Kier alpha value is -5.01. The molecule has 0 fully saturated rings. The summed E-state index contributed by atoms with van der Waals surface area (Å²) >= 11 is 0. The lowest BCUT2D eigenvalue weighted by molar-refractivity contribution is -0.143. The molecule has 4 aromatic rings. The minimum atomic E-state index is -4.51. The monoisotopic (exact) mass is 667 g/mol. The first kappa shape index (κ1) is 34.9. The van der Waals surface area contributed by atoms with E-state index in [4.69, 9.17) is 4.74 Å². The van der Waals surface area contributed by atoms with Crippen molar-refractivity contribution in [2.45, 2.75) is 18.6 Å². The van der Waals surface area contributed by atoms with Gasteiger partial charge < -0.3 is 15.0 Å². The zero-order valence-corrected chi connectivity index (χ0v) is 26.5. The molecule has 0 aliphatic heterocycles. The summed E-state index contributed by atoms with van der Waals surface area (Å²) in [5.74, 6) is -1.74. The number of halogens is 3. The van der Waals surface area contributed by atoms with Crippen LogP contribution in [0.2, 0.25) is 0 Å². The van der Waals surface area contributed by atoms with Crippen molar-refractivity contribution in [3.8, 4) is 11.1 Å². The van der Waals surface area contributed by atoms with Crippen LogP contribution in [0.4, 0.5) is 18.9 Å². The van der Waals surface area contributed by atoms with E-state index in [0.29, 0.717) is 22.3 Å². The van der Waals surface area contributed by atoms with Gasteiger partial charge in [-0.1, -0.05) is 66.7 Å². The topological polar surface area (TPSA) is 122 Å². The van der Waals surface area contributed by atoms with E-state index in [-0.39, 0.29) is 29.8 Å². The van der Waals surface area contributed by atoms with Gasteiger partial charge in [0.15, 0.2) is 0 Å². The number of nitrogens with zero attached hydrogens (tertiary/aromatic N) is 1. The molecule has 0 aliphatic rings. The number of esters is 1. The van der Waals surface area contributed by atoms with E-state index in [0.717, 1.165) is 18.4 Å². The fourth-order valence-electron chi connectivity index (χ4n) is 4.73. The first-order valence-electron chi connectivity index (χ1n) is 14.2. The molecule has 0 aromatic heterocycles. The molecule has 2 amide bonds. The van der Waals surface area contributed by atoms with Gasteiger partial charge in [0.05, 0.1) is 35.5 Å². The van der Waals surface area contributed by atoms with Crippen molar-refractivity contribution in [2.24, 2.45) is 0 Å². The van der Waals surface area contributed by atoms with Gasteiger partial charge in [-0.25, -0.2) is 13.1 Å². The van der Waals surface area contributed by atoms with Crippen LogP contribution in [0.3, 0.4) is 0 Å². The third kappa shape index (κ3) is 9.50. The average Bonchev–Trinajstić information content (AvgIpc) is 3.03. The van der Waals surface area contributed by atoms with Gasteiger partial charge in [0.1, 0.15) is 6.61 Å². The fourth-order valence-corrected chi connectivity index (χ4v) is 5.45. The maximum Gasteiger partial charge on any atom is 0.416 e. The van der Waals surface area contributed by atoms with Gasteiger partial charge in [-0.3, -0.25) is 14.4 Å². The summed E-state index contributed by atoms with van der Waals surface area (Å²) < 4.78 is 70.8. The quantitative estimate of drug-likeness (QED) is 0.198. The molecular weight excluding hydrogens is 635 g/mol. The second-order valence-corrected chi connectivity index (χ2v) is 12.6. The normalized spacial score (nSPS) is 12.2. The maximum absolute atomic E-state index is 13.5. The van der Waals surface area contributed by atoms with Gasteiger partial charge in [-0.2, -0.15) is 13.2 Å². The minimum Gasteiger partial charge on any atom is -0.463 e. The minimum absolute atomic E-state index is 0.0848. The predicted molar refractivity (Wildman–Crippen MR) is 171 cm³/mol. The molecule has 9 nitrogen and oxygen atoms in total. The number of benzene rings is 4. The SMILES string of the molecule is CN(C)C(=O)c1cc(CC(=O)OC[C@@H](NS(C)(=O)=O)c2ccccc2)ccc1NC(=O)c1ccccc1-c1ccc(C(F)(F)F)cc1. The Labute approximate surface area is 270 Å². The van der Waals surface area contributed by atoms with Crippen LogP contribution in [0.15, 0.2) is 97.1 Å². The number of carbonyl (C=O) groups excluding carboxylic acids is 3. The molecule has 0 saturated heterocycles. The molecule has 0 bridgehead atoms. The van der Waals surface area contributed by atoms with E-state index >= 15 is 0 Å². The van der Waals surface area contributed by atoms with Crippen LogP contribution in [-0.4, -0.2) is 58.1 Å². The summed E-state index contributed by atoms with van der Waals surface area (Å²) in [6.07, 6.45) is -3.76. The van der Waals surface area contributed by atoms with Gasteiger partial charge in [0.2, 0.25) is 10.0 Å². The largest absolute Gasteiger partial charge is 0.463 e. The Kier molecular flexibility index (Phi) is 10.8. The van der Waals surface area contributed by atoms with Gasteiger partial charge in [0, 0.05) is 19.7 Å². The molecule has 1 atom stereocenters. The fraction of sp³-hybridized carbons (Fsp3) is 0.206. The molecule has 4 rings (SSSR count). The zero-order valence-electron chi connectivity index (χ0n) is 25.7. The van der Waals surface area contributed by atoms with E-state index in [2.05, 4.69) is 10.0 Å². The Bertz CT molecular complexity index is 1860. The second-order valence-electron chi connectivity index (χ2n) is 10.9. The number of alkyl halides is 3. The van der Waals surface area contributed by atoms with Crippen molar-refractivity contribution in [1.29, 1.82) is 0 Å². The smallest absolute Gasteiger partial charge is 0.416 e. The van der Waals surface area contributed by atoms with E-state index in [1.807, 2.05) is 0 Å². The summed E-state index contributed by atoms with van der Waals surface area (Å²) in [5.41, 5.74) is 1.36. The molecule has 0 radical (unpaired) electrons. The van der Waals surface area contributed by atoms with Crippen LogP contribution >= 0.6 is 0 Å². The zero-order chi connectivity index (χ0) is 34.4. The van der Waals surface area contributed by atoms with E-state index in [9.17, 15) is 36.0 Å². The number of amides is 2. The summed E-state index contributed by atoms with van der Waals surface area (Å²) in [6, 6.07) is 23.1. The summed E-state index contributed by atoms with van der Waals surface area (Å²) in [6.45, 7) is -0.272. The summed E-state index contributed by atoms with van der Waals surface area (Å²) in [4.78, 5) is 40.7. The first-order valence-corrected chi connectivity index (χ1v) is 16.1. The lowest BCUT2D eigenvalue weighted by Gasteiger charge is -2.19. The highest BCUT2D eigenvalue weighted by Crippen LogP contribution is 2.32. The van der Waals surface area contributed by atoms with Crippen LogP contribution in [0.5, 0.6) is 0 Å². The molecular formula is C34H32F3N3O6S. The molecule has 4 aromatic carbocycles. The van der Waals surface area contributed by atoms with Crippen LogP contribution in [0.25, 0.3) is 11.1 Å². The highest BCUT2D eigenvalue weighted by atomic mass is 32.2. The number of hydrogen-bond acceptors (Lipinski definition) is 6. The summed E-state index contributed by atoms with van der Waals surface area (Å²) in [7, 11) is -0.579. The Morgan fingerprint density at radius 2 is 1.49 bits per heavy atom. The third-order valence-electron chi connectivity index (χ3n) is 6.98. The Morgan fingerprint density at radius 1 is 0.851 bits per heavy atom. The number of carbonyl (C=O) groups is 3. The number of hydrogen-bond donors (Lipinski definition) is 2. The maximum atomic E-state index is 13.5. The van der Waals surface area contributed by atoms with Gasteiger partial charge in [0.25, 0.3) is 11.8 Å². The van der Waals surface area contributed by atoms with Crippen molar-refractivity contribution < 1.29 is 40.7 Å². The first-order chi connectivity index (χ1) is 22.1. The lowest BCUT2D eigenvalue weighted by atomic mass is 9.97. The van der Waals surface area contributed by atoms with Crippen molar-refractivity contribution in [1.82, 2.24) is 9.62 Å². The summed E-state index contributed by atoms with van der Waals surface area (Å²) in [5, 5.41) is 2.72.